The molecule has 1 aromatic rings. The molecule has 1 aromatic carbocycles. The van der Waals surface area contributed by atoms with Gasteiger partial charge in [-0.2, -0.15) is 13.2 Å². The average Bonchev–Trinajstić information content (AvgIpc) is 2.72. The van der Waals surface area contributed by atoms with E-state index in [1.807, 2.05) is 4.90 Å². The third-order valence-electron chi connectivity index (χ3n) is 4.24. The number of nitrogens with two attached hydrogens (primary N) is 1. The molecule has 1 fully saturated rings. The Bertz CT molecular complexity index is 590. The molecule has 1 aliphatic rings. The normalized spacial score (nSPS) is 19.6. The molecular formula is C16H22F3N3O2. The Morgan fingerprint density at radius 1 is 1.21 bits per heavy atom. The lowest BCUT2D eigenvalue weighted by molar-refractivity contribution is -0.137. The third kappa shape index (κ3) is 4.61. The molecule has 0 bridgehead atoms. The predicted octanol–water partition coefficient (Wildman–Crippen LogP) is 2.00. The van der Waals surface area contributed by atoms with Gasteiger partial charge >= 0.3 is 12.2 Å². The van der Waals surface area contributed by atoms with E-state index in [1.54, 1.807) is 0 Å². The highest BCUT2D eigenvalue weighted by molar-refractivity contribution is 5.71. The van der Waals surface area contributed by atoms with Gasteiger partial charge in [-0.05, 0) is 31.0 Å². The lowest BCUT2D eigenvalue weighted by atomic mass is 9.93. The molecule has 1 aliphatic heterocycles. The van der Waals surface area contributed by atoms with Gasteiger partial charge in [0.2, 0.25) is 0 Å². The van der Waals surface area contributed by atoms with E-state index >= 15 is 0 Å². The van der Waals surface area contributed by atoms with Gasteiger partial charge in [-0.15, -0.1) is 0 Å². The summed E-state index contributed by atoms with van der Waals surface area (Å²) in [4.78, 5) is 14.7. The van der Waals surface area contributed by atoms with Crippen LogP contribution in [-0.4, -0.2) is 53.7 Å². The topological polar surface area (TPSA) is 69.8 Å². The van der Waals surface area contributed by atoms with E-state index in [9.17, 15) is 23.1 Å². The van der Waals surface area contributed by atoms with Crippen molar-refractivity contribution in [1.29, 1.82) is 0 Å². The number of amides is 2. The molecule has 0 spiro atoms. The fourth-order valence-corrected chi connectivity index (χ4v) is 2.91. The molecule has 2 amide bonds. The van der Waals surface area contributed by atoms with Crippen molar-refractivity contribution in [3.63, 3.8) is 0 Å². The highest BCUT2D eigenvalue weighted by atomic mass is 19.4. The van der Waals surface area contributed by atoms with Crippen molar-refractivity contribution in [2.75, 3.05) is 32.7 Å². The molecule has 1 unspecified atom stereocenters. The van der Waals surface area contributed by atoms with Gasteiger partial charge in [0.15, 0.2) is 0 Å². The molecule has 0 saturated carbocycles. The predicted molar refractivity (Wildman–Crippen MR) is 83.2 cm³/mol. The lowest BCUT2D eigenvalue weighted by Crippen LogP contribution is -2.42. The number of carbonyl (C=O) groups is 1. The first kappa shape index (κ1) is 18.5. The Morgan fingerprint density at radius 3 is 2.50 bits per heavy atom. The molecule has 0 aromatic heterocycles. The maximum atomic E-state index is 12.8. The van der Waals surface area contributed by atoms with E-state index in [0.717, 1.165) is 12.1 Å². The van der Waals surface area contributed by atoms with E-state index in [4.69, 9.17) is 5.73 Å². The second-order valence-corrected chi connectivity index (χ2v) is 6.31. The molecular weight excluding hydrogens is 323 g/mol. The number of rotatable bonds is 3. The molecule has 2 rings (SSSR count). The summed E-state index contributed by atoms with van der Waals surface area (Å²) in [7, 11) is 0. The number of urea groups is 1. The summed E-state index contributed by atoms with van der Waals surface area (Å²) in [6, 6.07) is 4.26. The number of halogens is 3. The van der Waals surface area contributed by atoms with Crippen molar-refractivity contribution in [3.8, 4) is 0 Å². The Labute approximate surface area is 138 Å². The number of hydrogen-bond donors (Lipinski definition) is 2. The highest BCUT2D eigenvalue weighted by Crippen LogP contribution is 2.32. The largest absolute Gasteiger partial charge is 0.416 e. The van der Waals surface area contributed by atoms with Crippen LogP contribution in [-0.2, 0) is 11.8 Å². The quantitative estimate of drug-likeness (QED) is 0.880. The number of benzene rings is 1. The molecule has 0 aliphatic carbocycles. The summed E-state index contributed by atoms with van der Waals surface area (Å²) in [5.74, 6) is 0. The third-order valence-corrected chi connectivity index (χ3v) is 4.24. The van der Waals surface area contributed by atoms with Gasteiger partial charge in [0.1, 0.15) is 0 Å². The van der Waals surface area contributed by atoms with E-state index in [1.165, 1.54) is 24.0 Å². The van der Waals surface area contributed by atoms with Gasteiger partial charge < -0.3 is 15.7 Å². The standard InChI is InChI=1S/C16H22F3N3O2/c1-15(24,12-4-2-5-13(10-12)16(17,18)19)11-21-6-3-7-22(9-8-21)14(20)23/h2,4-5,10,24H,3,6-9,11H2,1H3,(H2,20,23). The van der Waals surface area contributed by atoms with Crippen molar-refractivity contribution in [2.24, 2.45) is 5.73 Å². The van der Waals surface area contributed by atoms with E-state index in [2.05, 4.69) is 0 Å². The maximum Gasteiger partial charge on any atom is 0.416 e. The van der Waals surface area contributed by atoms with Crippen molar-refractivity contribution < 1.29 is 23.1 Å². The molecule has 1 atom stereocenters. The fourth-order valence-electron chi connectivity index (χ4n) is 2.91. The van der Waals surface area contributed by atoms with Crippen molar-refractivity contribution >= 4 is 6.03 Å². The van der Waals surface area contributed by atoms with Crippen LogP contribution in [0.5, 0.6) is 0 Å². The van der Waals surface area contributed by atoms with Gasteiger partial charge in [-0.3, -0.25) is 4.90 Å². The number of aliphatic hydroxyl groups is 1. The van der Waals surface area contributed by atoms with E-state index in [0.29, 0.717) is 32.6 Å². The summed E-state index contributed by atoms with van der Waals surface area (Å²) in [5, 5.41) is 10.7. The number of alkyl halides is 3. The van der Waals surface area contributed by atoms with Crippen LogP contribution in [0, 0.1) is 0 Å². The fraction of sp³-hybridized carbons (Fsp3) is 0.562. The SMILES string of the molecule is CC(O)(CN1CCCN(C(N)=O)CC1)c1cccc(C(F)(F)F)c1. The van der Waals surface area contributed by atoms with Gasteiger partial charge in [0.25, 0.3) is 0 Å². The Balaban J connectivity index is 2.09. The molecule has 0 radical (unpaired) electrons. The minimum Gasteiger partial charge on any atom is -0.384 e. The smallest absolute Gasteiger partial charge is 0.384 e. The molecule has 3 N–H and O–H groups in total. The zero-order valence-corrected chi connectivity index (χ0v) is 13.5. The average molecular weight is 345 g/mol. The Morgan fingerprint density at radius 2 is 1.88 bits per heavy atom. The summed E-state index contributed by atoms with van der Waals surface area (Å²) >= 11 is 0. The zero-order chi connectivity index (χ0) is 18.0. The minimum atomic E-state index is -4.45. The molecule has 5 nitrogen and oxygen atoms in total. The molecule has 134 valence electrons. The van der Waals surface area contributed by atoms with Crippen molar-refractivity contribution in [1.82, 2.24) is 9.80 Å². The number of hydrogen-bond acceptors (Lipinski definition) is 3. The van der Waals surface area contributed by atoms with Gasteiger partial charge in [-0.1, -0.05) is 12.1 Å². The van der Waals surface area contributed by atoms with Gasteiger partial charge in [0.05, 0.1) is 11.2 Å². The number of nitrogens with zero attached hydrogens (tertiary/aromatic N) is 2. The van der Waals surface area contributed by atoms with Crippen LogP contribution in [0.25, 0.3) is 0 Å². The van der Waals surface area contributed by atoms with Crippen molar-refractivity contribution in [2.45, 2.75) is 25.1 Å². The van der Waals surface area contributed by atoms with Crippen LogP contribution in [0.2, 0.25) is 0 Å². The van der Waals surface area contributed by atoms with E-state index < -0.39 is 23.4 Å². The van der Waals surface area contributed by atoms with Crippen LogP contribution in [0.3, 0.4) is 0 Å². The van der Waals surface area contributed by atoms with Crippen LogP contribution in [0.15, 0.2) is 24.3 Å². The monoisotopic (exact) mass is 345 g/mol. The summed E-state index contributed by atoms with van der Waals surface area (Å²) in [6.45, 7) is 3.81. The van der Waals surface area contributed by atoms with Crippen molar-refractivity contribution in [3.05, 3.63) is 35.4 Å². The first-order valence-corrected chi connectivity index (χ1v) is 7.76. The summed E-state index contributed by atoms with van der Waals surface area (Å²) < 4.78 is 38.5. The first-order chi connectivity index (χ1) is 11.1. The molecule has 24 heavy (non-hydrogen) atoms. The number of carbonyl (C=O) groups excluding carboxylic acids is 1. The highest BCUT2D eigenvalue weighted by Gasteiger charge is 2.33. The lowest BCUT2D eigenvalue weighted by Gasteiger charge is -2.31. The Hall–Kier alpha value is -1.80. The number of β-amino-alcohol motifs (C(OH)–C–C–N with tert-alkyl or cyclic N) is 1. The van der Waals surface area contributed by atoms with Crippen LogP contribution in [0.1, 0.15) is 24.5 Å². The maximum absolute atomic E-state index is 12.8. The Kier molecular flexibility index (Phi) is 5.39. The zero-order valence-electron chi connectivity index (χ0n) is 13.5. The summed E-state index contributed by atoms with van der Waals surface area (Å²) in [6.07, 6.45) is -3.75. The minimum absolute atomic E-state index is 0.181. The second-order valence-electron chi connectivity index (χ2n) is 6.31. The number of primary amides is 1. The molecule has 1 saturated heterocycles. The van der Waals surface area contributed by atoms with E-state index in [-0.39, 0.29) is 12.1 Å². The van der Waals surface area contributed by atoms with Crippen LogP contribution >= 0.6 is 0 Å². The summed E-state index contributed by atoms with van der Waals surface area (Å²) in [5.41, 5.74) is 3.28. The van der Waals surface area contributed by atoms with Crippen LogP contribution < -0.4 is 5.73 Å². The van der Waals surface area contributed by atoms with Gasteiger partial charge in [0, 0.05) is 32.7 Å². The molecule has 8 heteroatoms. The first-order valence-electron chi connectivity index (χ1n) is 7.76. The van der Waals surface area contributed by atoms with Crippen LogP contribution in [0.4, 0.5) is 18.0 Å². The van der Waals surface area contributed by atoms with Gasteiger partial charge in [-0.25, -0.2) is 4.79 Å². The second kappa shape index (κ2) is 6.98. The molecule has 1 heterocycles.